The van der Waals surface area contributed by atoms with E-state index in [0.29, 0.717) is 0 Å². The predicted molar refractivity (Wildman–Crippen MR) is 58.4 cm³/mol. The Morgan fingerprint density at radius 3 is 2.44 bits per heavy atom. The second-order valence-corrected chi connectivity index (χ2v) is 5.34. The average molecular weight is 302 g/mol. The molecule has 2 unspecified atom stereocenters. The van der Waals surface area contributed by atoms with Crippen LogP contribution in [0.25, 0.3) is 0 Å². The van der Waals surface area contributed by atoms with Crippen molar-refractivity contribution in [3.63, 3.8) is 0 Å². The van der Waals surface area contributed by atoms with Gasteiger partial charge in [-0.25, -0.2) is 0 Å². The van der Waals surface area contributed by atoms with E-state index in [1.807, 2.05) is 0 Å². The van der Waals surface area contributed by atoms with Crippen LogP contribution in [0.2, 0.25) is 0 Å². The van der Waals surface area contributed by atoms with E-state index in [1.54, 1.807) is 0 Å². The van der Waals surface area contributed by atoms with Gasteiger partial charge in [0.2, 0.25) is 5.91 Å². The zero-order valence-electron chi connectivity index (χ0n) is 9.06. The summed E-state index contributed by atoms with van der Waals surface area (Å²) in [6, 6.07) is -0.108. The van der Waals surface area contributed by atoms with Crippen LogP contribution >= 0.6 is 15.9 Å². The molecule has 0 aromatic carbocycles. The van der Waals surface area contributed by atoms with Gasteiger partial charge in [-0.05, 0) is 12.8 Å². The highest BCUT2D eigenvalue weighted by Gasteiger charge is 2.36. The van der Waals surface area contributed by atoms with Gasteiger partial charge in [0, 0.05) is 17.9 Å². The van der Waals surface area contributed by atoms with Crippen molar-refractivity contribution in [2.75, 3.05) is 7.05 Å². The Labute approximate surface area is 101 Å². The first-order chi connectivity index (χ1) is 7.31. The van der Waals surface area contributed by atoms with E-state index in [2.05, 4.69) is 15.9 Å². The van der Waals surface area contributed by atoms with Crippen LogP contribution in [0.5, 0.6) is 0 Å². The lowest BCUT2D eigenvalue weighted by molar-refractivity contribution is -0.162. The monoisotopic (exact) mass is 301 g/mol. The number of carbonyl (C=O) groups is 1. The van der Waals surface area contributed by atoms with Crippen LogP contribution in [0, 0.1) is 0 Å². The zero-order valence-corrected chi connectivity index (χ0v) is 10.6. The molecule has 0 N–H and O–H groups in total. The number of alkyl halides is 4. The lowest BCUT2D eigenvalue weighted by Gasteiger charge is -2.35. The minimum absolute atomic E-state index is 0.108. The molecule has 1 amide bonds. The van der Waals surface area contributed by atoms with Crippen LogP contribution in [0.15, 0.2) is 0 Å². The fourth-order valence-corrected chi connectivity index (χ4v) is 2.93. The molecule has 6 heteroatoms. The van der Waals surface area contributed by atoms with Gasteiger partial charge in [-0.1, -0.05) is 28.8 Å². The zero-order chi connectivity index (χ0) is 12.3. The second kappa shape index (κ2) is 5.38. The minimum Gasteiger partial charge on any atom is -0.341 e. The predicted octanol–water partition coefficient (Wildman–Crippen LogP) is 3.10. The minimum atomic E-state index is -4.41. The van der Waals surface area contributed by atoms with Gasteiger partial charge in [0.05, 0.1) is 0 Å². The van der Waals surface area contributed by atoms with Crippen molar-refractivity contribution in [2.45, 2.75) is 49.1 Å². The molecule has 0 aromatic rings. The van der Waals surface area contributed by atoms with E-state index in [9.17, 15) is 18.0 Å². The Hall–Kier alpha value is -0.260. The van der Waals surface area contributed by atoms with Crippen molar-refractivity contribution < 1.29 is 18.0 Å². The van der Waals surface area contributed by atoms with Crippen molar-refractivity contribution in [2.24, 2.45) is 0 Å². The molecule has 2 atom stereocenters. The molecule has 0 aromatic heterocycles. The quantitative estimate of drug-likeness (QED) is 0.718. The van der Waals surface area contributed by atoms with E-state index >= 15 is 0 Å². The summed E-state index contributed by atoms with van der Waals surface area (Å²) in [5.41, 5.74) is 0. The number of carbonyl (C=O) groups excluding carboxylic acids is 1. The molecule has 0 aliphatic heterocycles. The molecule has 16 heavy (non-hydrogen) atoms. The van der Waals surface area contributed by atoms with Gasteiger partial charge in [-0.15, -0.1) is 0 Å². The first-order valence-corrected chi connectivity index (χ1v) is 6.19. The molecule has 0 bridgehead atoms. The van der Waals surface area contributed by atoms with E-state index in [0.717, 1.165) is 25.7 Å². The van der Waals surface area contributed by atoms with Gasteiger partial charge in [0.25, 0.3) is 0 Å². The smallest absolute Gasteiger partial charge is 0.341 e. The lowest BCUT2D eigenvalue weighted by atomic mass is 9.94. The number of nitrogens with zero attached hydrogens (tertiary/aromatic N) is 1. The van der Waals surface area contributed by atoms with Gasteiger partial charge < -0.3 is 4.90 Å². The third-order valence-corrected chi connectivity index (χ3v) is 3.96. The van der Waals surface area contributed by atoms with E-state index < -0.39 is 18.5 Å². The van der Waals surface area contributed by atoms with Crippen molar-refractivity contribution >= 4 is 21.8 Å². The van der Waals surface area contributed by atoms with E-state index in [-0.39, 0.29) is 10.9 Å². The van der Waals surface area contributed by atoms with Gasteiger partial charge in [-0.2, -0.15) is 13.2 Å². The summed E-state index contributed by atoms with van der Waals surface area (Å²) in [6.45, 7) is 0. The summed E-state index contributed by atoms with van der Waals surface area (Å²) >= 11 is 3.43. The molecule has 1 aliphatic carbocycles. The Bertz CT molecular complexity index is 257. The number of hydrogen-bond donors (Lipinski definition) is 0. The van der Waals surface area contributed by atoms with Crippen LogP contribution in [0.4, 0.5) is 13.2 Å². The fraction of sp³-hybridized carbons (Fsp3) is 0.900. The highest BCUT2D eigenvalue weighted by Crippen LogP contribution is 2.29. The molecule has 1 rings (SSSR count). The van der Waals surface area contributed by atoms with Crippen molar-refractivity contribution in [1.29, 1.82) is 0 Å². The molecule has 1 fully saturated rings. The molecule has 0 spiro atoms. The average Bonchev–Trinajstić information content (AvgIpc) is 2.15. The highest BCUT2D eigenvalue weighted by atomic mass is 79.9. The third kappa shape index (κ3) is 3.96. The van der Waals surface area contributed by atoms with E-state index in [4.69, 9.17) is 0 Å². The maximum Gasteiger partial charge on any atom is 0.397 e. The third-order valence-electron chi connectivity index (χ3n) is 2.89. The van der Waals surface area contributed by atoms with Gasteiger partial charge in [-0.3, -0.25) is 4.79 Å². The molecule has 0 radical (unpaired) electrons. The summed E-state index contributed by atoms with van der Waals surface area (Å²) in [4.78, 5) is 12.7. The number of rotatable bonds is 2. The van der Waals surface area contributed by atoms with Crippen LogP contribution in [0.3, 0.4) is 0 Å². The van der Waals surface area contributed by atoms with Crippen LogP contribution < -0.4 is 0 Å². The Balaban J connectivity index is 2.55. The molecular formula is C10H15BrF3NO. The van der Waals surface area contributed by atoms with Crippen LogP contribution in [-0.2, 0) is 4.79 Å². The standard InChI is InChI=1S/C10H15BrF3NO/c1-15(9(16)6-10(12,13)14)8-5-3-2-4-7(8)11/h7-8H,2-6H2,1H3. The fourth-order valence-electron chi connectivity index (χ4n) is 1.98. The Morgan fingerprint density at radius 1 is 1.38 bits per heavy atom. The summed E-state index contributed by atoms with van der Waals surface area (Å²) in [5, 5.41) is 0. The number of hydrogen-bond acceptors (Lipinski definition) is 1. The van der Waals surface area contributed by atoms with Crippen molar-refractivity contribution in [3.05, 3.63) is 0 Å². The summed E-state index contributed by atoms with van der Waals surface area (Å²) in [6.07, 6.45) is -2.06. The first kappa shape index (κ1) is 13.8. The Kier molecular flexibility index (Phi) is 4.64. The molecule has 0 saturated heterocycles. The summed E-state index contributed by atoms with van der Waals surface area (Å²) < 4.78 is 36.2. The molecular weight excluding hydrogens is 287 g/mol. The summed E-state index contributed by atoms with van der Waals surface area (Å²) in [7, 11) is 1.46. The molecule has 1 saturated carbocycles. The van der Waals surface area contributed by atoms with Gasteiger partial charge in [0.1, 0.15) is 6.42 Å². The van der Waals surface area contributed by atoms with Crippen LogP contribution in [0.1, 0.15) is 32.1 Å². The second-order valence-electron chi connectivity index (χ2n) is 4.16. The molecule has 1 aliphatic rings. The molecule has 2 nitrogen and oxygen atoms in total. The lowest BCUT2D eigenvalue weighted by Crippen LogP contribution is -2.45. The van der Waals surface area contributed by atoms with Gasteiger partial charge in [0.15, 0.2) is 0 Å². The molecule has 0 heterocycles. The number of halogens is 4. The van der Waals surface area contributed by atoms with E-state index in [1.165, 1.54) is 11.9 Å². The number of amides is 1. The first-order valence-electron chi connectivity index (χ1n) is 5.28. The molecule has 94 valence electrons. The van der Waals surface area contributed by atoms with Crippen molar-refractivity contribution in [3.8, 4) is 0 Å². The maximum atomic E-state index is 12.1. The Morgan fingerprint density at radius 2 is 1.94 bits per heavy atom. The van der Waals surface area contributed by atoms with Crippen molar-refractivity contribution in [1.82, 2.24) is 4.90 Å². The van der Waals surface area contributed by atoms with Crippen LogP contribution in [-0.4, -0.2) is 34.9 Å². The topological polar surface area (TPSA) is 20.3 Å². The largest absolute Gasteiger partial charge is 0.397 e. The normalized spacial score (nSPS) is 26.6. The summed E-state index contributed by atoms with van der Waals surface area (Å²) in [5.74, 6) is -0.844. The highest BCUT2D eigenvalue weighted by molar-refractivity contribution is 9.09. The van der Waals surface area contributed by atoms with Gasteiger partial charge >= 0.3 is 6.18 Å². The SMILES string of the molecule is CN(C(=O)CC(F)(F)F)C1CCCCC1Br. The maximum absolute atomic E-state index is 12.1.